The standard InChI is InChI=1S/C11H14N2O2/c1-8(12)9-3-2-4-10(7-9)13-5-6-15-11(13)14/h2-4,7-8H,5-6,12H2,1H3/t8-/m0/s1. The second-order valence-electron chi connectivity index (χ2n) is 3.65. The summed E-state index contributed by atoms with van der Waals surface area (Å²) >= 11 is 0. The highest BCUT2D eigenvalue weighted by Crippen LogP contribution is 2.22. The fraction of sp³-hybridized carbons (Fsp3) is 0.364. The molecule has 0 radical (unpaired) electrons. The van der Waals surface area contributed by atoms with Gasteiger partial charge in [0.15, 0.2) is 0 Å². The zero-order valence-electron chi connectivity index (χ0n) is 8.64. The number of hydrogen-bond donors (Lipinski definition) is 1. The molecule has 1 aliphatic heterocycles. The Bertz CT molecular complexity index is 377. The van der Waals surface area contributed by atoms with E-state index < -0.39 is 0 Å². The summed E-state index contributed by atoms with van der Waals surface area (Å²) < 4.78 is 4.88. The van der Waals surface area contributed by atoms with Gasteiger partial charge in [-0.05, 0) is 24.6 Å². The fourth-order valence-electron chi connectivity index (χ4n) is 1.60. The van der Waals surface area contributed by atoms with Crippen molar-refractivity contribution in [2.75, 3.05) is 18.1 Å². The predicted molar refractivity (Wildman–Crippen MR) is 57.7 cm³/mol. The summed E-state index contributed by atoms with van der Waals surface area (Å²) in [4.78, 5) is 12.9. The van der Waals surface area contributed by atoms with E-state index in [4.69, 9.17) is 10.5 Å². The zero-order valence-corrected chi connectivity index (χ0v) is 8.64. The maximum atomic E-state index is 11.3. The Kier molecular flexibility index (Phi) is 2.60. The normalized spacial score (nSPS) is 17.7. The molecule has 15 heavy (non-hydrogen) atoms. The van der Waals surface area contributed by atoms with Gasteiger partial charge >= 0.3 is 6.09 Å². The lowest BCUT2D eigenvalue weighted by Crippen LogP contribution is -2.23. The van der Waals surface area contributed by atoms with Gasteiger partial charge < -0.3 is 10.5 Å². The van der Waals surface area contributed by atoms with Crippen LogP contribution in [-0.2, 0) is 4.74 Å². The minimum atomic E-state index is -0.281. The van der Waals surface area contributed by atoms with Crippen molar-refractivity contribution < 1.29 is 9.53 Å². The van der Waals surface area contributed by atoms with Gasteiger partial charge in [0.2, 0.25) is 0 Å². The molecule has 2 rings (SSSR count). The van der Waals surface area contributed by atoms with Crippen LogP contribution in [0.1, 0.15) is 18.5 Å². The number of cyclic esters (lactones) is 1. The molecule has 1 aromatic rings. The van der Waals surface area contributed by atoms with Gasteiger partial charge in [0.1, 0.15) is 6.61 Å². The van der Waals surface area contributed by atoms with E-state index in [-0.39, 0.29) is 12.1 Å². The van der Waals surface area contributed by atoms with Gasteiger partial charge in [0.25, 0.3) is 0 Å². The third-order valence-electron chi connectivity index (χ3n) is 2.47. The van der Waals surface area contributed by atoms with Crippen LogP contribution in [0.2, 0.25) is 0 Å². The van der Waals surface area contributed by atoms with Gasteiger partial charge in [-0.1, -0.05) is 12.1 Å². The Morgan fingerprint density at radius 1 is 1.53 bits per heavy atom. The minimum absolute atomic E-state index is 0.0245. The van der Waals surface area contributed by atoms with Gasteiger partial charge in [0, 0.05) is 11.7 Å². The highest BCUT2D eigenvalue weighted by Gasteiger charge is 2.23. The molecule has 1 aromatic carbocycles. The summed E-state index contributed by atoms with van der Waals surface area (Å²) in [6.07, 6.45) is -0.281. The lowest BCUT2D eigenvalue weighted by molar-refractivity contribution is 0.181. The average molecular weight is 206 g/mol. The van der Waals surface area contributed by atoms with E-state index >= 15 is 0 Å². The first-order valence-electron chi connectivity index (χ1n) is 4.98. The molecule has 80 valence electrons. The van der Waals surface area contributed by atoms with Gasteiger partial charge in [0.05, 0.1) is 6.54 Å². The smallest absolute Gasteiger partial charge is 0.414 e. The van der Waals surface area contributed by atoms with E-state index in [2.05, 4.69) is 0 Å². The van der Waals surface area contributed by atoms with Crippen molar-refractivity contribution in [2.24, 2.45) is 5.73 Å². The summed E-state index contributed by atoms with van der Waals surface area (Å²) in [5.41, 5.74) is 7.66. The molecular weight excluding hydrogens is 192 g/mol. The molecule has 2 N–H and O–H groups in total. The van der Waals surface area contributed by atoms with Crippen molar-refractivity contribution in [1.82, 2.24) is 0 Å². The molecule has 1 atom stereocenters. The minimum Gasteiger partial charge on any atom is -0.447 e. The van der Waals surface area contributed by atoms with E-state index in [0.29, 0.717) is 13.2 Å². The summed E-state index contributed by atoms with van der Waals surface area (Å²) in [6.45, 7) is 2.99. The second kappa shape index (κ2) is 3.90. The number of rotatable bonds is 2. The van der Waals surface area contributed by atoms with Crippen LogP contribution >= 0.6 is 0 Å². The third-order valence-corrected chi connectivity index (χ3v) is 2.47. The van der Waals surface area contributed by atoms with Crippen LogP contribution in [0.25, 0.3) is 0 Å². The molecule has 1 fully saturated rings. The van der Waals surface area contributed by atoms with Crippen molar-refractivity contribution in [1.29, 1.82) is 0 Å². The van der Waals surface area contributed by atoms with Crippen LogP contribution in [-0.4, -0.2) is 19.2 Å². The molecule has 0 saturated carbocycles. The van der Waals surface area contributed by atoms with Crippen LogP contribution in [0.5, 0.6) is 0 Å². The van der Waals surface area contributed by atoms with Crippen LogP contribution in [0, 0.1) is 0 Å². The lowest BCUT2D eigenvalue weighted by Gasteiger charge is -2.14. The summed E-state index contributed by atoms with van der Waals surface area (Å²) in [5, 5.41) is 0. The maximum absolute atomic E-state index is 11.3. The van der Waals surface area contributed by atoms with Crippen LogP contribution in [0.4, 0.5) is 10.5 Å². The van der Waals surface area contributed by atoms with E-state index in [1.165, 1.54) is 0 Å². The van der Waals surface area contributed by atoms with Crippen LogP contribution < -0.4 is 10.6 Å². The lowest BCUT2D eigenvalue weighted by atomic mass is 10.1. The largest absolute Gasteiger partial charge is 0.447 e. The number of hydrogen-bond acceptors (Lipinski definition) is 3. The van der Waals surface area contributed by atoms with Crippen molar-refractivity contribution in [3.63, 3.8) is 0 Å². The number of nitrogens with zero attached hydrogens (tertiary/aromatic N) is 1. The monoisotopic (exact) mass is 206 g/mol. The van der Waals surface area contributed by atoms with Crippen LogP contribution in [0.3, 0.4) is 0 Å². The summed E-state index contributed by atoms with van der Waals surface area (Å²) in [7, 11) is 0. The van der Waals surface area contributed by atoms with Crippen molar-refractivity contribution in [2.45, 2.75) is 13.0 Å². The highest BCUT2D eigenvalue weighted by atomic mass is 16.6. The van der Waals surface area contributed by atoms with Crippen molar-refractivity contribution in [3.05, 3.63) is 29.8 Å². The molecule has 0 aromatic heterocycles. The Morgan fingerprint density at radius 3 is 2.93 bits per heavy atom. The first kappa shape index (κ1) is 9.98. The second-order valence-corrected chi connectivity index (χ2v) is 3.65. The molecule has 0 bridgehead atoms. The Morgan fingerprint density at radius 2 is 2.33 bits per heavy atom. The topological polar surface area (TPSA) is 55.6 Å². The molecule has 1 saturated heterocycles. The third kappa shape index (κ3) is 1.94. The molecule has 1 aliphatic rings. The van der Waals surface area contributed by atoms with Crippen molar-refractivity contribution in [3.8, 4) is 0 Å². The predicted octanol–water partition coefficient (Wildman–Crippen LogP) is 1.66. The number of anilines is 1. The number of benzene rings is 1. The van der Waals surface area contributed by atoms with Gasteiger partial charge in [-0.2, -0.15) is 0 Å². The van der Waals surface area contributed by atoms with Crippen LogP contribution in [0.15, 0.2) is 24.3 Å². The molecule has 1 amide bonds. The number of nitrogens with two attached hydrogens (primary N) is 1. The van der Waals surface area contributed by atoms with E-state index in [1.807, 2.05) is 31.2 Å². The molecule has 1 heterocycles. The molecule has 4 nitrogen and oxygen atoms in total. The Labute approximate surface area is 88.6 Å². The summed E-state index contributed by atoms with van der Waals surface area (Å²) in [6, 6.07) is 7.65. The first-order chi connectivity index (χ1) is 7.18. The van der Waals surface area contributed by atoms with E-state index in [9.17, 15) is 4.79 Å². The SMILES string of the molecule is C[C@H](N)c1cccc(N2CCOC2=O)c1. The maximum Gasteiger partial charge on any atom is 0.414 e. The number of carbonyl (C=O) groups excluding carboxylic acids is 1. The zero-order chi connectivity index (χ0) is 10.8. The highest BCUT2D eigenvalue weighted by molar-refractivity contribution is 5.89. The van der Waals surface area contributed by atoms with Gasteiger partial charge in [-0.3, -0.25) is 4.90 Å². The molecule has 4 heteroatoms. The summed E-state index contributed by atoms with van der Waals surface area (Å²) in [5.74, 6) is 0. The van der Waals surface area contributed by atoms with Gasteiger partial charge in [-0.25, -0.2) is 4.79 Å². The fourth-order valence-corrected chi connectivity index (χ4v) is 1.60. The molecule has 0 spiro atoms. The number of ether oxygens (including phenoxy) is 1. The van der Waals surface area contributed by atoms with Gasteiger partial charge in [-0.15, -0.1) is 0 Å². The first-order valence-corrected chi connectivity index (χ1v) is 4.98. The van der Waals surface area contributed by atoms with E-state index in [0.717, 1.165) is 11.3 Å². The number of amides is 1. The Hall–Kier alpha value is -1.55. The molecular formula is C11H14N2O2. The quantitative estimate of drug-likeness (QED) is 0.800. The molecule has 0 aliphatic carbocycles. The number of carbonyl (C=O) groups is 1. The average Bonchev–Trinajstić information content (AvgIpc) is 2.64. The molecule has 0 unspecified atom stereocenters. The van der Waals surface area contributed by atoms with E-state index in [1.54, 1.807) is 4.90 Å². The van der Waals surface area contributed by atoms with Crippen molar-refractivity contribution >= 4 is 11.8 Å². The Balaban J connectivity index is 2.28.